The molecule has 1 fully saturated rings. The summed E-state index contributed by atoms with van der Waals surface area (Å²) in [5.74, 6) is 0.281. The third-order valence-electron chi connectivity index (χ3n) is 4.71. The summed E-state index contributed by atoms with van der Waals surface area (Å²) in [5.41, 5.74) is 0. The fourth-order valence-electron chi connectivity index (χ4n) is 3.01. The molecule has 1 aliphatic rings. The van der Waals surface area contributed by atoms with Crippen molar-refractivity contribution in [3.63, 3.8) is 0 Å². The standard InChI is InChI=1S/C20H38N2O2S/c1-3-5-7-9-10-11-12-14-18(23)22-19-16-17(25-19)20(24)21-15-13-8-6-4-2/h17,19H,3-16H2,1-2H3,(H,21,24)(H,22,23). The summed E-state index contributed by atoms with van der Waals surface area (Å²) in [6, 6.07) is 0. The first-order valence-corrected chi connectivity index (χ1v) is 11.3. The number of unbranched alkanes of at least 4 members (excludes halogenated alkanes) is 9. The van der Waals surface area contributed by atoms with Gasteiger partial charge in [-0.3, -0.25) is 9.59 Å². The van der Waals surface area contributed by atoms with E-state index < -0.39 is 0 Å². The van der Waals surface area contributed by atoms with E-state index in [1.807, 2.05) is 0 Å². The Morgan fingerprint density at radius 2 is 1.44 bits per heavy atom. The smallest absolute Gasteiger partial charge is 0.233 e. The first-order valence-electron chi connectivity index (χ1n) is 10.4. The molecule has 5 heteroatoms. The Kier molecular flexibility index (Phi) is 12.9. The molecule has 2 atom stereocenters. The Labute approximate surface area is 158 Å². The van der Waals surface area contributed by atoms with Crippen LogP contribution in [0.2, 0.25) is 0 Å². The van der Waals surface area contributed by atoms with E-state index in [0.717, 1.165) is 32.2 Å². The van der Waals surface area contributed by atoms with Crippen molar-refractivity contribution in [1.29, 1.82) is 0 Å². The molecular formula is C20H38N2O2S. The first-order chi connectivity index (χ1) is 12.2. The second kappa shape index (κ2) is 14.5. The predicted octanol–water partition coefficient (Wildman–Crippen LogP) is 4.77. The van der Waals surface area contributed by atoms with Crippen molar-refractivity contribution in [2.45, 2.75) is 108 Å². The van der Waals surface area contributed by atoms with Crippen LogP contribution in [0.4, 0.5) is 0 Å². The third kappa shape index (κ3) is 10.8. The Morgan fingerprint density at radius 3 is 2.08 bits per heavy atom. The van der Waals surface area contributed by atoms with Crippen LogP contribution in [0.15, 0.2) is 0 Å². The second-order valence-corrected chi connectivity index (χ2v) is 8.55. The molecule has 0 aromatic carbocycles. The van der Waals surface area contributed by atoms with E-state index in [1.54, 1.807) is 11.8 Å². The molecule has 1 rings (SSSR count). The van der Waals surface area contributed by atoms with Crippen LogP contribution in [-0.2, 0) is 9.59 Å². The number of hydrogen-bond acceptors (Lipinski definition) is 3. The van der Waals surface area contributed by atoms with Crippen LogP contribution in [0.5, 0.6) is 0 Å². The summed E-state index contributed by atoms with van der Waals surface area (Å²) in [7, 11) is 0. The van der Waals surface area contributed by atoms with E-state index in [0.29, 0.717) is 6.42 Å². The van der Waals surface area contributed by atoms with Gasteiger partial charge < -0.3 is 10.6 Å². The van der Waals surface area contributed by atoms with Gasteiger partial charge in [0.1, 0.15) is 0 Å². The maximum absolute atomic E-state index is 12.0. The minimum atomic E-state index is 0.0232. The number of hydrogen-bond donors (Lipinski definition) is 2. The summed E-state index contributed by atoms with van der Waals surface area (Å²) in [5, 5.41) is 6.20. The summed E-state index contributed by atoms with van der Waals surface area (Å²) >= 11 is 1.59. The lowest BCUT2D eigenvalue weighted by Gasteiger charge is -2.34. The highest BCUT2D eigenvalue weighted by Gasteiger charge is 2.35. The monoisotopic (exact) mass is 370 g/mol. The van der Waals surface area contributed by atoms with E-state index in [-0.39, 0.29) is 22.4 Å². The number of amides is 2. The zero-order valence-corrected chi connectivity index (χ0v) is 17.1. The van der Waals surface area contributed by atoms with Gasteiger partial charge in [0, 0.05) is 13.0 Å². The highest BCUT2D eigenvalue weighted by molar-refractivity contribution is 8.02. The van der Waals surface area contributed by atoms with Crippen molar-refractivity contribution < 1.29 is 9.59 Å². The van der Waals surface area contributed by atoms with Gasteiger partial charge in [-0.2, -0.15) is 0 Å². The molecule has 1 aliphatic heterocycles. The Bertz CT molecular complexity index is 371. The van der Waals surface area contributed by atoms with Gasteiger partial charge in [0.2, 0.25) is 11.8 Å². The molecule has 0 saturated carbocycles. The highest BCUT2D eigenvalue weighted by Crippen LogP contribution is 2.34. The highest BCUT2D eigenvalue weighted by atomic mass is 32.2. The van der Waals surface area contributed by atoms with Crippen LogP contribution >= 0.6 is 11.8 Å². The molecule has 4 nitrogen and oxygen atoms in total. The molecule has 0 aliphatic carbocycles. The first kappa shape index (κ1) is 22.3. The number of carbonyl (C=O) groups is 2. The Balaban J connectivity index is 1.94. The van der Waals surface area contributed by atoms with Crippen LogP contribution in [-0.4, -0.2) is 29.0 Å². The largest absolute Gasteiger partial charge is 0.355 e. The average molecular weight is 371 g/mol. The molecule has 1 saturated heterocycles. The van der Waals surface area contributed by atoms with Crippen LogP contribution in [0.25, 0.3) is 0 Å². The SMILES string of the molecule is CCCCCCCCCC(=O)NC1CC(C(=O)NCCCCCC)S1. The van der Waals surface area contributed by atoms with Crippen LogP contribution < -0.4 is 10.6 Å². The van der Waals surface area contributed by atoms with Crippen molar-refractivity contribution in [2.24, 2.45) is 0 Å². The number of nitrogens with one attached hydrogen (secondary N) is 2. The zero-order chi connectivity index (χ0) is 18.3. The quantitative estimate of drug-likeness (QED) is 0.408. The molecule has 1 heterocycles. The fourth-order valence-corrected chi connectivity index (χ4v) is 4.07. The van der Waals surface area contributed by atoms with Crippen molar-refractivity contribution in [3.8, 4) is 0 Å². The lowest BCUT2D eigenvalue weighted by atomic mass is 10.1. The lowest BCUT2D eigenvalue weighted by Crippen LogP contribution is -2.48. The maximum Gasteiger partial charge on any atom is 0.233 e. The number of thioether (sulfide) groups is 1. The van der Waals surface area contributed by atoms with Gasteiger partial charge in [-0.1, -0.05) is 71.6 Å². The van der Waals surface area contributed by atoms with Gasteiger partial charge in [-0.15, -0.1) is 11.8 Å². The second-order valence-electron chi connectivity index (χ2n) is 7.14. The van der Waals surface area contributed by atoms with E-state index in [4.69, 9.17) is 0 Å². The molecule has 0 spiro atoms. The van der Waals surface area contributed by atoms with E-state index >= 15 is 0 Å². The molecule has 2 amide bonds. The molecule has 146 valence electrons. The van der Waals surface area contributed by atoms with Crippen molar-refractivity contribution in [1.82, 2.24) is 10.6 Å². The molecule has 0 bridgehead atoms. The predicted molar refractivity (Wildman–Crippen MR) is 108 cm³/mol. The van der Waals surface area contributed by atoms with Crippen LogP contribution in [0.3, 0.4) is 0 Å². The Morgan fingerprint density at radius 1 is 0.880 bits per heavy atom. The molecule has 0 aromatic rings. The summed E-state index contributed by atoms with van der Waals surface area (Å²) in [4.78, 5) is 23.9. The van der Waals surface area contributed by atoms with E-state index in [1.165, 1.54) is 51.4 Å². The minimum absolute atomic E-state index is 0.0232. The van der Waals surface area contributed by atoms with Crippen molar-refractivity contribution in [2.75, 3.05) is 6.54 Å². The van der Waals surface area contributed by atoms with Crippen molar-refractivity contribution >= 4 is 23.6 Å². The normalized spacial score (nSPS) is 19.3. The van der Waals surface area contributed by atoms with Gasteiger partial charge in [0.15, 0.2) is 0 Å². The van der Waals surface area contributed by atoms with Gasteiger partial charge in [-0.25, -0.2) is 0 Å². The van der Waals surface area contributed by atoms with Gasteiger partial charge in [-0.05, 0) is 19.3 Å². The third-order valence-corrected chi connectivity index (χ3v) is 6.08. The fraction of sp³-hybridized carbons (Fsp3) is 0.900. The van der Waals surface area contributed by atoms with Crippen molar-refractivity contribution in [3.05, 3.63) is 0 Å². The topological polar surface area (TPSA) is 58.2 Å². The molecule has 0 radical (unpaired) electrons. The van der Waals surface area contributed by atoms with E-state index in [2.05, 4.69) is 24.5 Å². The molecule has 2 unspecified atom stereocenters. The molecule has 2 N–H and O–H groups in total. The van der Waals surface area contributed by atoms with Crippen LogP contribution in [0.1, 0.15) is 97.3 Å². The van der Waals surface area contributed by atoms with E-state index in [9.17, 15) is 9.59 Å². The van der Waals surface area contributed by atoms with Gasteiger partial charge >= 0.3 is 0 Å². The summed E-state index contributed by atoms with van der Waals surface area (Å²) in [6.45, 7) is 5.20. The minimum Gasteiger partial charge on any atom is -0.355 e. The Hall–Kier alpha value is -0.710. The maximum atomic E-state index is 12.0. The molecular weight excluding hydrogens is 332 g/mol. The molecule has 0 aromatic heterocycles. The number of carbonyl (C=O) groups excluding carboxylic acids is 2. The van der Waals surface area contributed by atoms with Gasteiger partial charge in [0.25, 0.3) is 0 Å². The molecule has 25 heavy (non-hydrogen) atoms. The summed E-state index contributed by atoms with van der Waals surface area (Å²) < 4.78 is 0. The zero-order valence-electron chi connectivity index (χ0n) is 16.3. The average Bonchev–Trinajstić information content (AvgIpc) is 2.56. The van der Waals surface area contributed by atoms with Crippen LogP contribution in [0, 0.1) is 0 Å². The summed E-state index contributed by atoms with van der Waals surface area (Å²) in [6.07, 6.45) is 14.7. The number of rotatable bonds is 15. The van der Waals surface area contributed by atoms with Gasteiger partial charge in [0.05, 0.1) is 10.6 Å². The lowest BCUT2D eigenvalue weighted by molar-refractivity contribution is -0.123.